The summed E-state index contributed by atoms with van der Waals surface area (Å²) in [6.45, 7) is 4.20. The molecule has 0 aliphatic heterocycles. The molecule has 6 heteroatoms. The maximum absolute atomic E-state index is 12.6. The molecular weight excluding hydrogens is 326 g/mol. The van der Waals surface area contributed by atoms with E-state index in [-0.39, 0.29) is 17.7 Å². The standard InChI is InChI=1S/C17H19N3OS2/c1-5-9-20(15(21)10-12(2)22-4)17-13(3)19-16(23-17)14-7-6-8-18-11-14/h1,6-8,11-12H,9-10H2,2-4H3. The molecule has 0 bridgehead atoms. The lowest BCUT2D eigenvalue weighted by Gasteiger charge is -2.20. The number of terminal acetylenes is 1. The van der Waals surface area contributed by atoms with Crippen molar-refractivity contribution in [3.05, 3.63) is 30.2 Å². The lowest BCUT2D eigenvalue weighted by atomic mass is 10.3. The SMILES string of the molecule is C#CCN(C(=O)CC(C)SC)c1sc(-c2cccnc2)nc1C. The average molecular weight is 345 g/mol. The number of thiazole rings is 1. The highest BCUT2D eigenvalue weighted by Gasteiger charge is 2.22. The number of anilines is 1. The average Bonchev–Trinajstić information content (AvgIpc) is 2.94. The zero-order valence-electron chi connectivity index (χ0n) is 13.4. The van der Waals surface area contributed by atoms with Gasteiger partial charge in [-0.05, 0) is 25.3 Å². The van der Waals surface area contributed by atoms with E-state index in [1.54, 1.807) is 29.1 Å². The molecule has 4 nitrogen and oxygen atoms in total. The van der Waals surface area contributed by atoms with Gasteiger partial charge in [-0.1, -0.05) is 24.2 Å². The minimum absolute atomic E-state index is 0.0364. The van der Waals surface area contributed by atoms with Crippen LogP contribution in [0.15, 0.2) is 24.5 Å². The molecule has 2 rings (SSSR count). The third-order valence-corrected chi connectivity index (χ3v) is 5.54. The van der Waals surface area contributed by atoms with Gasteiger partial charge in [0.05, 0.1) is 12.2 Å². The monoisotopic (exact) mass is 345 g/mol. The van der Waals surface area contributed by atoms with E-state index in [2.05, 4.69) is 15.9 Å². The summed E-state index contributed by atoms with van der Waals surface area (Å²) in [6, 6.07) is 3.83. The van der Waals surface area contributed by atoms with Crippen molar-refractivity contribution in [3.63, 3.8) is 0 Å². The number of hydrogen-bond donors (Lipinski definition) is 0. The van der Waals surface area contributed by atoms with Gasteiger partial charge in [0, 0.05) is 29.6 Å². The normalized spacial score (nSPS) is 11.7. The van der Waals surface area contributed by atoms with Crippen molar-refractivity contribution in [2.24, 2.45) is 0 Å². The van der Waals surface area contributed by atoms with Crippen LogP contribution in [-0.2, 0) is 4.79 Å². The minimum Gasteiger partial charge on any atom is -0.290 e. The van der Waals surface area contributed by atoms with E-state index in [1.807, 2.05) is 32.2 Å². The number of rotatable bonds is 6. The highest BCUT2D eigenvalue weighted by Crippen LogP contribution is 2.34. The number of aryl methyl sites for hydroxylation is 1. The van der Waals surface area contributed by atoms with Crippen molar-refractivity contribution in [2.75, 3.05) is 17.7 Å². The summed E-state index contributed by atoms with van der Waals surface area (Å²) >= 11 is 3.15. The number of pyridine rings is 1. The summed E-state index contributed by atoms with van der Waals surface area (Å²) in [5, 5.41) is 1.92. The first-order valence-corrected chi connectivity index (χ1v) is 9.31. The van der Waals surface area contributed by atoms with Crippen molar-refractivity contribution in [3.8, 4) is 22.9 Å². The molecule has 0 saturated heterocycles. The van der Waals surface area contributed by atoms with Crippen LogP contribution < -0.4 is 4.90 Å². The Morgan fingerprint density at radius 2 is 2.35 bits per heavy atom. The first-order chi connectivity index (χ1) is 11.1. The molecule has 2 aromatic rings. The Balaban J connectivity index is 2.31. The molecule has 1 amide bonds. The maximum atomic E-state index is 12.6. The van der Waals surface area contributed by atoms with E-state index < -0.39 is 0 Å². The number of hydrogen-bond acceptors (Lipinski definition) is 5. The third kappa shape index (κ3) is 4.34. The van der Waals surface area contributed by atoms with Crippen molar-refractivity contribution < 1.29 is 4.79 Å². The van der Waals surface area contributed by atoms with Gasteiger partial charge in [-0.25, -0.2) is 4.98 Å². The highest BCUT2D eigenvalue weighted by atomic mass is 32.2. The van der Waals surface area contributed by atoms with Gasteiger partial charge in [0.1, 0.15) is 10.0 Å². The number of aromatic nitrogens is 2. The van der Waals surface area contributed by atoms with Crippen molar-refractivity contribution in [1.82, 2.24) is 9.97 Å². The van der Waals surface area contributed by atoms with Crippen LogP contribution in [0, 0.1) is 19.3 Å². The van der Waals surface area contributed by atoms with E-state index in [0.717, 1.165) is 21.3 Å². The third-order valence-electron chi connectivity index (χ3n) is 3.34. The molecule has 2 heterocycles. The molecule has 0 N–H and O–H groups in total. The number of amides is 1. The largest absolute Gasteiger partial charge is 0.290 e. The van der Waals surface area contributed by atoms with E-state index in [9.17, 15) is 4.79 Å². The van der Waals surface area contributed by atoms with E-state index >= 15 is 0 Å². The minimum atomic E-state index is 0.0364. The van der Waals surface area contributed by atoms with Gasteiger partial charge in [0.25, 0.3) is 0 Å². The Bertz CT molecular complexity index is 706. The van der Waals surface area contributed by atoms with E-state index in [1.165, 1.54) is 11.3 Å². The summed E-state index contributed by atoms with van der Waals surface area (Å²) in [4.78, 5) is 22.9. The summed E-state index contributed by atoms with van der Waals surface area (Å²) in [5.41, 5.74) is 1.76. The predicted molar refractivity (Wildman–Crippen MR) is 98.9 cm³/mol. The van der Waals surface area contributed by atoms with Gasteiger partial charge >= 0.3 is 0 Å². The molecule has 0 fully saturated rings. The first kappa shape index (κ1) is 17.5. The Kier molecular flexibility index (Phi) is 6.20. The summed E-state index contributed by atoms with van der Waals surface area (Å²) in [5.74, 6) is 2.62. The molecule has 0 aliphatic rings. The van der Waals surface area contributed by atoms with Crippen LogP contribution in [0.4, 0.5) is 5.00 Å². The van der Waals surface area contributed by atoms with Crippen LogP contribution in [0.25, 0.3) is 10.6 Å². The number of carbonyl (C=O) groups excluding carboxylic acids is 1. The first-order valence-electron chi connectivity index (χ1n) is 7.21. The smallest absolute Gasteiger partial charge is 0.229 e. The van der Waals surface area contributed by atoms with Crippen molar-refractivity contribution in [1.29, 1.82) is 0 Å². The lowest BCUT2D eigenvalue weighted by Crippen LogP contribution is -2.32. The number of nitrogens with zero attached hydrogens (tertiary/aromatic N) is 3. The molecule has 2 aromatic heterocycles. The van der Waals surface area contributed by atoms with Crippen LogP contribution in [0.2, 0.25) is 0 Å². The lowest BCUT2D eigenvalue weighted by molar-refractivity contribution is -0.118. The molecule has 0 radical (unpaired) electrons. The fourth-order valence-electron chi connectivity index (χ4n) is 2.06. The summed E-state index contributed by atoms with van der Waals surface area (Å²) in [7, 11) is 0. The second kappa shape index (κ2) is 8.14. The Morgan fingerprint density at radius 1 is 1.57 bits per heavy atom. The second-order valence-electron chi connectivity index (χ2n) is 5.09. The molecule has 120 valence electrons. The van der Waals surface area contributed by atoms with Gasteiger partial charge in [-0.3, -0.25) is 14.7 Å². The quantitative estimate of drug-likeness (QED) is 0.750. The zero-order chi connectivity index (χ0) is 16.8. The van der Waals surface area contributed by atoms with E-state index in [0.29, 0.717) is 6.42 Å². The predicted octanol–water partition coefficient (Wildman–Crippen LogP) is 3.62. The molecule has 0 aliphatic carbocycles. The van der Waals surface area contributed by atoms with E-state index in [4.69, 9.17) is 6.42 Å². The summed E-state index contributed by atoms with van der Waals surface area (Å²) < 4.78 is 0. The molecule has 1 unspecified atom stereocenters. The molecule has 1 atom stereocenters. The molecule has 23 heavy (non-hydrogen) atoms. The summed E-state index contributed by atoms with van der Waals surface area (Å²) in [6.07, 6.45) is 11.4. The van der Waals surface area contributed by atoms with Crippen LogP contribution in [-0.4, -0.2) is 33.9 Å². The van der Waals surface area contributed by atoms with Crippen LogP contribution in [0.3, 0.4) is 0 Å². The highest BCUT2D eigenvalue weighted by molar-refractivity contribution is 7.99. The fourth-order valence-corrected chi connectivity index (χ4v) is 3.44. The van der Waals surface area contributed by atoms with Gasteiger partial charge in [-0.15, -0.1) is 6.42 Å². The second-order valence-corrected chi connectivity index (χ2v) is 7.34. The van der Waals surface area contributed by atoms with Crippen molar-refractivity contribution in [2.45, 2.75) is 25.5 Å². The zero-order valence-corrected chi connectivity index (χ0v) is 15.1. The van der Waals surface area contributed by atoms with Crippen LogP contribution >= 0.6 is 23.1 Å². The maximum Gasteiger partial charge on any atom is 0.229 e. The molecular formula is C17H19N3OS2. The fraction of sp³-hybridized carbons (Fsp3) is 0.353. The molecule has 0 saturated carbocycles. The molecule has 0 aromatic carbocycles. The van der Waals surface area contributed by atoms with Gasteiger partial charge in [0.2, 0.25) is 5.91 Å². The molecule has 0 spiro atoms. The Labute approximate surface area is 145 Å². The van der Waals surface area contributed by atoms with Crippen molar-refractivity contribution >= 4 is 34.0 Å². The van der Waals surface area contributed by atoms with Gasteiger partial charge in [-0.2, -0.15) is 11.8 Å². The van der Waals surface area contributed by atoms with Gasteiger partial charge < -0.3 is 0 Å². The Hall–Kier alpha value is -1.84. The number of carbonyl (C=O) groups is 1. The Morgan fingerprint density at radius 3 is 2.96 bits per heavy atom. The van der Waals surface area contributed by atoms with Crippen LogP contribution in [0.5, 0.6) is 0 Å². The number of thioether (sulfide) groups is 1. The van der Waals surface area contributed by atoms with Crippen LogP contribution in [0.1, 0.15) is 19.0 Å². The van der Waals surface area contributed by atoms with Gasteiger partial charge in [0.15, 0.2) is 0 Å². The topological polar surface area (TPSA) is 46.1 Å².